The Kier molecular flexibility index (Phi) is 2.30. The third-order valence-electron chi connectivity index (χ3n) is 1.46. The minimum Gasteiger partial charge on any atom is -0.380 e. The molecular formula is C6H12NO. The smallest absolute Gasteiger partial charge is 0.0696 e. The van der Waals surface area contributed by atoms with Crippen LogP contribution in [0.3, 0.4) is 0 Å². The van der Waals surface area contributed by atoms with Gasteiger partial charge in [-0.25, -0.2) is 0 Å². The number of hydrogen-bond donors (Lipinski definition) is 1. The van der Waals surface area contributed by atoms with Gasteiger partial charge in [-0.05, 0) is 12.8 Å². The van der Waals surface area contributed by atoms with Crippen molar-refractivity contribution in [2.24, 2.45) is 0 Å². The van der Waals surface area contributed by atoms with Gasteiger partial charge < -0.3 is 10.1 Å². The van der Waals surface area contributed by atoms with E-state index in [2.05, 4.69) is 11.9 Å². The highest BCUT2D eigenvalue weighted by atomic mass is 16.5. The fraction of sp³-hybridized carbons (Fsp3) is 0.833. The Morgan fingerprint density at radius 1 is 1.75 bits per heavy atom. The van der Waals surface area contributed by atoms with Gasteiger partial charge in [-0.2, -0.15) is 0 Å². The lowest BCUT2D eigenvalue weighted by Gasteiger charge is -2.20. The van der Waals surface area contributed by atoms with Crippen LogP contribution in [0.5, 0.6) is 0 Å². The second kappa shape index (κ2) is 3.05. The molecule has 0 bridgehead atoms. The minimum atomic E-state index is 0.444. The molecule has 0 aromatic heterocycles. The fourth-order valence-corrected chi connectivity index (χ4v) is 0.889. The van der Waals surface area contributed by atoms with E-state index in [1.165, 1.54) is 6.42 Å². The Morgan fingerprint density at radius 3 is 3.00 bits per heavy atom. The fourth-order valence-electron chi connectivity index (χ4n) is 0.889. The van der Waals surface area contributed by atoms with Crippen LogP contribution in [-0.4, -0.2) is 19.8 Å². The van der Waals surface area contributed by atoms with Crippen LogP contribution in [-0.2, 0) is 4.74 Å². The summed E-state index contributed by atoms with van der Waals surface area (Å²) in [6.45, 7) is 3.08. The Morgan fingerprint density at radius 2 is 2.62 bits per heavy atom. The largest absolute Gasteiger partial charge is 0.380 e. The summed E-state index contributed by atoms with van der Waals surface area (Å²) in [7, 11) is 1.76. The summed E-state index contributed by atoms with van der Waals surface area (Å²) >= 11 is 0. The van der Waals surface area contributed by atoms with E-state index >= 15 is 0 Å². The maximum atomic E-state index is 5.11. The standard InChI is InChI=1S/C6H12NO/c1-8-6-3-2-4-7-5-6/h4,6-7H,2-3,5H2,1H3. The molecule has 1 rings (SSSR count). The number of nitrogens with one attached hydrogen (secondary N) is 1. The number of piperidine rings is 1. The van der Waals surface area contributed by atoms with E-state index in [1.54, 1.807) is 7.11 Å². The highest BCUT2D eigenvalue weighted by Gasteiger charge is 2.10. The van der Waals surface area contributed by atoms with Crippen LogP contribution in [0.1, 0.15) is 12.8 Å². The molecule has 0 amide bonds. The van der Waals surface area contributed by atoms with Crippen molar-refractivity contribution < 1.29 is 4.74 Å². The monoisotopic (exact) mass is 114 g/mol. The van der Waals surface area contributed by atoms with Crippen molar-refractivity contribution >= 4 is 0 Å². The van der Waals surface area contributed by atoms with Crippen LogP contribution >= 0.6 is 0 Å². The highest BCUT2D eigenvalue weighted by molar-refractivity contribution is 4.75. The van der Waals surface area contributed by atoms with E-state index in [0.29, 0.717) is 6.10 Å². The molecule has 1 fully saturated rings. The molecule has 1 saturated heterocycles. The first-order chi connectivity index (χ1) is 3.93. The summed E-state index contributed by atoms with van der Waals surface area (Å²) in [4.78, 5) is 0. The highest BCUT2D eigenvalue weighted by Crippen LogP contribution is 2.05. The van der Waals surface area contributed by atoms with Crippen molar-refractivity contribution in [3.8, 4) is 0 Å². The van der Waals surface area contributed by atoms with Gasteiger partial charge in [-0.3, -0.25) is 0 Å². The first-order valence-electron chi connectivity index (χ1n) is 3.01. The quantitative estimate of drug-likeness (QED) is 0.537. The summed E-state index contributed by atoms with van der Waals surface area (Å²) in [5, 5.41) is 3.14. The van der Waals surface area contributed by atoms with E-state index in [9.17, 15) is 0 Å². The lowest BCUT2D eigenvalue weighted by atomic mass is 10.1. The second-order valence-electron chi connectivity index (χ2n) is 2.05. The molecule has 0 saturated carbocycles. The molecule has 2 nitrogen and oxygen atoms in total. The maximum Gasteiger partial charge on any atom is 0.0696 e. The molecule has 1 heterocycles. The Balaban J connectivity index is 2.13. The average molecular weight is 114 g/mol. The first-order valence-corrected chi connectivity index (χ1v) is 3.01. The van der Waals surface area contributed by atoms with E-state index in [1.807, 2.05) is 0 Å². The van der Waals surface area contributed by atoms with Gasteiger partial charge in [0.1, 0.15) is 0 Å². The van der Waals surface area contributed by atoms with Gasteiger partial charge in [-0.1, -0.05) is 0 Å². The van der Waals surface area contributed by atoms with Crippen molar-refractivity contribution in [3.05, 3.63) is 6.54 Å². The van der Waals surface area contributed by atoms with Crippen LogP contribution in [0.25, 0.3) is 0 Å². The van der Waals surface area contributed by atoms with Crippen molar-refractivity contribution in [1.82, 2.24) is 5.32 Å². The summed E-state index contributed by atoms with van der Waals surface area (Å²) in [6.07, 6.45) is 2.75. The van der Waals surface area contributed by atoms with Gasteiger partial charge in [0.05, 0.1) is 6.10 Å². The van der Waals surface area contributed by atoms with Crippen LogP contribution in [0.15, 0.2) is 0 Å². The normalized spacial score (nSPS) is 30.4. The van der Waals surface area contributed by atoms with E-state index in [4.69, 9.17) is 4.74 Å². The second-order valence-corrected chi connectivity index (χ2v) is 2.05. The van der Waals surface area contributed by atoms with Crippen molar-refractivity contribution in [2.75, 3.05) is 13.7 Å². The van der Waals surface area contributed by atoms with Crippen molar-refractivity contribution in [3.63, 3.8) is 0 Å². The predicted molar refractivity (Wildman–Crippen MR) is 32.3 cm³/mol. The zero-order chi connectivity index (χ0) is 5.82. The zero-order valence-electron chi connectivity index (χ0n) is 5.18. The Bertz CT molecular complexity index is 59.5. The molecule has 0 aromatic carbocycles. The number of hydrogen-bond acceptors (Lipinski definition) is 2. The number of ether oxygens (including phenoxy) is 1. The molecule has 0 aromatic rings. The molecule has 1 aliphatic heterocycles. The van der Waals surface area contributed by atoms with Crippen molar-refractivity contribution in [2.45, 2.75) is 18.9 Å². The molecule has 2 heteroatoms. The molecule has 1 N–H and O–H groups in total. The van der Waals surface area contributed by atoms with E-state index in [0.717, 1.165) is 13.0 Å². The molecule has 1 aliphatic rings. The molecule has 1 unspecified atom stereocenters. The number of rotatable bonds is 1. The lowest BCUT2D eigenvalue weighted by Crippen LogP contribution is -2.31. The zero-order valence-corrected chi connectivity index (χ0v) is 5.18. The SMILES string of the molecule is COC1CC[CH]NC1. The minimum absolute atomic E-state index is 0.444. The third-order valence-corrected chi connectivity index (χ3v) is 1.46. The van der Waals surface area contributed by atoms with Gasteiger partial charge >= 0.3 is 0 Å². The molecule has 47 valence electrons. The number of methoxy groups -OCH3 is 1. The molecule has 0 spiro atoms. The van der Waals surface area contributed by atoms with Gasteiger partial charge in [0.25, 0.3) is 0 Å². The summed E-state index contributed by atoms with van der Waals surface area (Å²) in [6, 6.07) is 0. The topological polar surface area (TPSA) is 21.3 Å². The molecule has 8 heavy (non-hydrogen) atoms. The third kappa shape index (κ3) is 1.46. The first kappa shape index (κ1) is 6.05. The van der Waals surface area contributed by atoms with E-state index < -0.39 is 0 Å². The maximum absolute atomic E-state index is 5.11. The van der Waals surface area contributed by atoms with Gasteiger partial charge in [0.2, 0.25) is 0 Å². The summed E-state index contributed by atoms with van der Waals surface area (Å²) < 4.78 is 5.11. The van der Waals surface area contributed by atoms with Crippen LogP contribution < -0.4 is 5.32 Å². The summed E-state index contributed by atoms with van der Waals surface area (Å²) in [5.41, 5.74) is 0. The molecule has 1 atom stereocenters. The predicted octanol–water partition coefficient (Wildman–Crippen LogP) is 0.547. The lowest BCUT2D eigenvalue weighted by molar-refractivity contribution is 0.0866. The van der Waals surface area contributed by atoms with Crippen LogP contribution in [0.4, 0.5) is 0 Å². The summed E-state index contributed by atoms with van der Waals surface area (Å²) in [5.74, 6) is 0. The Labute approximate surface area is 50.2 Å². The van der Waals surface area contributed by atoms with Crippen LogP contribution in [0.2, 0.25) is 0 Å². The van der Waals surface area contributed by atoms with Gasteiger partial charge in [0.15, 0.2) is 0 Å². The van der Waals surface area contributed by atoms with Gasteiger partial charge in [-0.15, -0.1) is 0 Å². The van der Waals surface area contributed by atoms with E-state index in [-0.39, 0.29) is 0 Å². The van der Waals surface area contributed by atoms with Crippen LogP contribution in [0, 0.1) is 6.54 Å². The Hall–Kier alpha value is -0.0800. The average Bonchev–Trinajstić information content (AvgIpc) is 1.90. The van der Waals surface area contributed by atoms with Gasteiger partial charge in [0, 0.05) is 20.2 Å². The molecule has 0 aliphatic carbocycles. The molecule has 1 radical (unpaired) electrons. The molecular weight excluding hydrogens is 102 g/mol. The van der Waals surface area contributed by atoms with Crippen molar-refractivity contribution in [1.29, 1.82) is 0 Å².